The summed E-state index contributed by atoms with van der Waals surface area (Å²) in [6, 6.07) is 0. The van der Waals surface area contributed by atoms with Gasteiger partial charge in [-0.05, 0) is 12.8 Å². The van der Waals surface area contributed by atoms with Gasteiger partial charge >= 0.3 is 0 Å². The molecule has 1 amide bonds. The zero-order valence-electron chi connectivity index (χ0n) is 12.7. The monoisotopic (exact) mass is 317 g/mol. The van der Waals surface area contributed by atoms with Crippen LogP contribution < -0.4 is 11.1 Å². The fourth-order valence-electron chi connectivity index (χ4n) is 1.74. The molecule has 8 nitrogen and oxygen atoms in total. The maximum absolute atomic E-state index is 12.4. The summed E-state index contributed by atoms with van der Waals surface area (Å²) >= 11 is 0. The normalized spacial score (nSPS) is 11.8. The Hall–Kier alpha value is -1.61. The lowest BCUT2D eigenvalue weighted by Gasteiger charge is -2.15. The number of likely N-dealkylation sites (N-methyl/N-ethyl adjacent to an activating group) is 1. The van der Waals surface area contributed by atoms with Crippen molar-refractivity contribution in [1.29, 1.82) is 0 Å². The second-order valence-corrected chi connectivity index (χ2v) is 6.77. The number of aryl methyl sites for hydroxylation is 1. The van der Waals surface area contributed by atoms with Gasteiger partial charge in [0, 0.05) is 26.3 Å². The largest absolute Gasteiger partial charge is 0.381 e. The van der Waals surface area contributed by atoms with Crippen LogP contribution in [0.25, 0.3) is 0 Å². The average Bonchev–Trinajstić information content (AvgIpc) is 2.78. The Morgan fingerprint density at radius 3 is 2.67 bits per heavy atom. The van der Waals surface area contributed by atoms with E-state index in [4.69, 9.17) is 5.73 Å². The van der Waals surface area contributed by atoms with E-state index in [1.54, 1.807) is 0 Å². The molecule has 0 spiro atoms. The van der Waals surface area contributed by atoms with Gasteiger partial charge in [-0.1, -0.05) is 13.8 Å². The Labute approximate surface area is 125 Å². The molecule has 1 aromatic rings. The molecule has 120 valence electrons. The van der Waals surface area contributed by atoms with Gasteiger partial charge < -0.3 is 11.1 Å². The van der Waals surface area contributed by atoms with Crippen LogP contribution in [0, 0.1) is 0 Å². The number of rotatable bonds is 8. The summed E-state index contributed by atoms with van der Waals surface area (Å²) in [5.41, 5.74) is 5.67. The van der Waals surface area contributed by atoms with Crippen molar-refractivity contribution < 1.29 is 13.2 Å². The Balaban J connectivity index is 2.87. The van der Waals surface area contributed by atoms with Crippen LogP contribution in [0.3, 0.4) is 0 Å². The maximum atomic E-state index is 12.4. The summed E-state index contributed by atoms with van der Waals surface area (Å²) in [4.78, 5) is 11.5. The van der Waals surface area contributed by atoms with E-state index in [0.29, 0.717) is 13.1 Å². The van der Waals surface area contributed by atoms with Gasteiger partial charge in [0.1, 0.15) is 4.90 Å². The summed E-state index contributed by atoms with van der Waals surface area (Å²) in [7, 11) is -2.48. The van der Waals surface area contributed by atoms with Crippen molar-refractivity contribution in [2.75, 3.05) is 25.9 Å². The Bertz CT molecular complexity index is 582. The van der Waals surface area contributed by atoms with E-state index in [9.17, 15) is 13.2 Å². The molecule has 1 rings (SSSR count). The molecule has 0 unspecified atom stereocenters. The second-order valence-electron chi connectivity index (χ2n) is 4.75. The number of nitrogens with zero attached hydrogens (tertiary/aromatic N) is 3. The number of hydrogen-bond acceptors (Lipinski definition) is 5. The third-order valence-electron chi connectivity index (χ3n) is 2.83. The Morgan fingerprint density at radius 2 is 2.10 bits per heavy atom. The summed E-state index contributed by atoms with van der Waals surface area (Å²) in [5, 5.41) is 6.60. The minimum atomic E-state index is -3.82. The molecule has 0 aromatic carbocycles. The highest BCUT2D eigenvalue weighted by Crippen LogP contribution is 2.20. The van der Waals surface area contributed by atoms with Crippen LogP contribution in [0.5, 0.6) is 0 Å². The highest BCUT2D eigenvalue weighted by atomic mass is 32.2. The number of carbonyl (C=O) groups is 1. The highest BCUT2D eigenvalue weighted by molar-refractivity contribution is 7.89. The van der Waals surface area contributed by atoms with E-state index < -0.39 is 10.0 Å². The second kappa shape index (κ2) is 7.41. The lowest BCUT2D eigenvalue weighted by molar-refractivity contribution is -0.121. The molecule has 9 heteroatoms. The van der Waals surface area contributed by atoms with E-state index in [1.165, 1.54) is 17.9 Å². The van der Waals surface area contributed by atoms with Crippen LogP contribution in [0.15, 0.2) is 11.1 Å². The predicted molar refractivity (Wildman–Crippen MR) is 80.0 cm³/mol. The van der Waals surface area contributed by atoms with Gasteiger partial charge in [0.15, 0.2) is 5.82 Å². The van der Waals surface area contributed by atoms with E-state index in [2.05, 4.69) is 10.4 Å². The lowest BCUT2D eigenvalue weighted by atomic mass is 10.4. The maximum Gasteiger partial charge on any atom is 0.248 e. The van der Waals surface area contributed by atoms with E-state index in [0.717, 1.165) is 17.1 Å². The molecular weight excluding hydrogens is 294 g/mol. The Kier molecular flexibility index (Phi) is 6.16. The highest BCUT2D eigenvalue weighted by Gasteiger charge is 2.27. The topological polar surface area (TPSA) is 110 Å². The van der Waals surface area contributed by atoms with Crippen LogP contribution in [0.1, 0.15) is 26.7 Å². The molecular formula is C12H23N5O3S. The molecule has 0 saturated carbocycles. The van der Waals surface area contributed by atoms with Gasteiger partial charge in [0.2, 0.25) is 15.9 Å². The van der Waals surface area contributed by atoms with Crippen LogP contribution in [0.2, 0.25) is 0 Å². The zero-order chi connectivity index (χ0) is 16.0. The van der Waals surface area contributed by atoms with Crippen molar-refractivity contribution in [3.63, 3.8) is 0 Å². The first-order valence-corrected chi connectivity index (χ1v) is 8.32. The molecule has 0 radical (unpaired) electrons. The molecule has 0 aliphatic rings. The van der Waals surface area contributed by atoms with E-state index in [-0.39, 0.29) is 23.2 Å². The van der Waals surface area contributed by atoms with Crippen molar-refractivity contribution in [2.24, 2.45) is 0 Å². The van der Waals surface area contributed by atoms with Gasteiger partial charge in [0.25, 0.3) is 0 Å². The van der Waals surface area contributed by atoms with Crippen molar-refractivity contribution in [3.8, 4) is 0 Å². The fraction of sp³-hybridized carbons (Fsp3) is 0.667. The number of nitrogen functional groups attached to an aromatic ring is 1. The first-order chi connectivity index (χ1) is 9.82. The number of sulfonamides is 1. The average molecular weight is 317 g/mol. The first kappa shape index (κ1) is 17.4. The van der Waals surface area contributed by atoms with Crippen molar-refractivity contribution in [1.82, 2.24) is 19.4 Å². The summed E-state index contributed by atoms with van der Waals surface area (Å²) in [6.07, 6.45) is 3.00. The van der Waals surface area contributed by atoms with Gasteiger partial charge in [-0.3, -0.25) is 9.48 Å². The molecule has 0 aliphatic carbocycles. The molecule has 0 fully saturated rings. The van der Waals surface area contributed by atoms with Crippen LogP contribution in [0.4, 0.5) is 5.82 Å². The third-order valence-corrected chi connectivity index (χ3v) is 4.65. The molecule has 3 N–H and O–H groups in total. The molecule has 0 saturated heterocycles. The number of aromatic nitrogens is 2. The van der Waals surface area contributed by atoms with Crippen LogP contribution in [-0.4, -0.2) is 48.5 Å². The van der Waals surface area contributed by atoms with Gasteiger partial charge in [-0.15, -0.1) is 0 Å². The number of carbonyl (C=O) groups excluding carboxylic acids is 1. The van der Waals surface area contributed by atoms with Gasteiger partial charge in [-0.2, -0.15) is 9.40 Å². The third kappa shape index (κ3) is 4.43. The fourth-order valence-corrected chi connectivity index (χ4v) is 2.92. The number of amides is 1. The molecule has 0 atom stereocenters. The molecule has 21 heavy (non-hydrogen) atoms. The Morgan fingerprint density at radius 1 is 1.43 bits per heavy atom. The SMILES string of the molecule is CCCNC(=O)CN(C)S(=O)(=O)c1cn(CCC)nc1N. The van der Waals surface area contributed by atoms with Crippen molar-refractivity contribution >= 4 is 21.7 Å². The first-order valence-electron chi connectivity index (χ1n) is 6.88. The quantitative estimate of drug-likeness (QED) is 0.702. The predicted octanol–water partition coefficient (Wildman–Crippen LogP) is 0.0220. The molecule has 1 aromatic heterocycles. The minimum absolute atomic E-state index is 0.0516. The van der Waals surface area contributed by atoms with Gasteiger partial charge in [-0.25, -0.2) is 8.42 Å². The van der Waals surface area contributed by atoms with Gasteiger partial charge in [0.05, 0.1) is 6.54 Å². The van der Waals surface area contributed by atoms with Crippen molar-refractivity contribution in [3.05, 3.63) is 6.20 Å². The molecule has 0 bridgehead atoms. The standard InChI is InChI=1S/C12H23N5O3S/c1-4-6-14-11(18)9-16(3)21(19,20)10-8-17(7-5-2)15-12(10)13/h8H,4-7,9H2,1-3H3,(H2,13,15)(H,14,18). The van der Waals surface area contributed by atoms with E-state index >= 15 is 0 Å². The number of nitrogens with two attached hydrogens (primary N) is 1. The van der Waals surface area contributed by atoms with E-state index in [1.807, 2.05) is 13.8 Å². The number of hydrogen-bond donors (Lipinski definition) is 2. The van der Waals surface area contributed by atoms with Crippen LogP contribution >= 0.6 is 0 Å². The minimum Gasteiger partial charge on any atom is -0.381 e. The lowest BCUT2D eigenvalue weighted by Crippen LogP contribution is -2.38. The summed E-state index contributed by atoms with van der Waals surface area (Å²) in [6.45, 7) is 4.73. The van der Waals surface area contributed by atoms with Crippen LogP contribution in [-0.2, 0) is 21.4 Å². The summed E-state index contributed by atoms with van der Waals surface area (Å²) < 4.78 is 27.3. The van der Waals surface area contributed by atoms with Crippen molar-refractivity contribution in [2.45, 2.75) is 38.1 Å². The number of anilines is 1. The zero-order valence-corrected chi connectivity index (χ0v) is 13.5. The number of nitrogens with one attached hydrogen (secondary N) is 1. The smallest absolute Gasteiger partial charge is 0.248 e. The molecule has 1 heterocycles. The summed E-state index contributed by atoms with van der Waals surface area (Å²) in [5.74, 6) is -0.397. The molecule has 0 aliphatic heterocycles.